The van der Waals surface area contributed by atoms with Gasteiger partial charge < -0.3 is 10.0 Å². The van der Waals surface area contributed by atoms with E-state index in [1.807, 2.05) is 19.1 Å². The Labute approximate surface area is 98.7 Å². The normalized spacial score (nSPS) is 11.3. The largest absolute Gasteiger partial charge is 0.481 e. The maximum absolute atomic E-state index is 13.3. The molecule has 94 valence electrons. The zero-order valence-corrected chi connectivity index (χ0v) is 9.78. The van der Waals surface area contributed by atoms with Gasteiger partial charge in [0, 0.05) is 12.7 Å². The molecule has 0 radical (unpaired) electrons. The Kier molecular flexibility index (Phi) is 4.04. The highest BCUT2D eigenvalue weighted by Crippen LogP contribution is 2.23. The Hall–Kier alpha value is -1.65. The van der Waals surface area contributed by atoms with Gasteiger partial charge in [-0.1, -0.05) is 17.7 Å². The number of halogens is 2. The Balaban J connectivity index is 2.68. The van der Waals surface area contributed by atoms with Gasteiger partial charge in [-0.05, 0) is 19.1 Å². The summed E-state index contributed by atoms with van der Waals surface area (Å²) in [6, 6.07) is 7.10. The second-order valence-corrected chi connectivity index (χ2v) is 4.12. The molecule has 1 aromatic carbocycles. The molecule has 1 rings (SSSR count). The number of rotatable bonds is 5. The van der Waals surface area contributed by atoms with Crippen molar-refractivity contribution in [3.8, 4) is 0 Å². The Morgan fingerprint density at radius 1 is 1.35 bits per heavy atom. The lowest BCUT2D eigenvalue weighted by Gasteiger charge is -2.24. The third kappa shape index (κ3) is 4.38. The predicted octanol–water partition coefficient (Wildman–Crippen LogP) is 2.54. The van der Waals surface area contributed by atoms with Gasteiger partial charge in [0.1, 0.15) is 6.42 Å². The summed E-state index contributed by atoms with van der Waals surface area (Å²) < 4.78 is 26.5. The van der Waals surface area contributed by atoms with E-state index in [4.69, 9.17) is 5.11 Å². The molecule has 0 aliphatic rings. The summed E-state index contributed by atoms with van der Waals surface area (Å²) in [6.07, 6.45) is -1.15. The molecule has 0 aliphatic heterocycles. The maximum Gasteiger partial charge on any atom is 0.309 e. The second-order valence-electron chi connectivity index (χ2n) is 4.12. The molecule has 17 heavy (non-hydrogen) atoms. The third-order valence-corrected chi connectivity index (χ3v) is 2.35. The average Bonchev–Trinajstić information content (AvgIpc) is 2.15. The van der Waals surface area contributed by atoms with Crippen LogP contribution in [0.25, 0.3) is 0 Å². The second kappa shape index (κ2) is 5.12. The van der Waals surface area contributed by atoms with Crippen LogP contribution in [0.5, 0.6) is 0 Å². The number of benzene rings is 1. The van der Waals surface area contributed by atoms with Crippen LogP contribution in [0, 0.1) is 6.92 Å². The standard InChI is InChI=1S/C12H15F2NO2/c1-9-3-5-10(6-4-9)15(2)8-12(13,14)7-11(16)17/h3-6H,7-8H2,1-2H3,(H,16,17). The lowest BCUT2D eigenvalue weighted by molar-refractivity contribution is -0.144. The van der Waals surface area contributed by atoms with Crippen molar-refractivity contribution in [1.29, 1.82) is 0 Å². The molecule has 0 bridgehead atoms. The third-order valence-electron chi connectivity index (χ3n) is 2.35. The first-order valence-electron chi connectivity index (χ1n) is 5.17. The van der Waals surface area contributed by atoms with E-state index < -0.39 is 24.9 Å². The molecule has 1 N–H and O–H groups in total. The monoisotopic (exact) mass is 243 g/mol. The molecular weight excluding hydrogens is 228 g/mol. The van der Waals surface area contributed by atoms with Gasteiger partial charge in [-0.2, -0.15) is 0 Å². The minimum atomic E-state index is -3.23. The van der Waals surface area contributed by atoms with Crippen molar-refractivity contribution in [2.75, 3.05) is 18.5 Å². The van der Waals surface area contributed by atoms with E-state index in [1.54, 1.807) is 12.1 Å². The van der Waals surface area contributed by atoms with E-state index in [-0.39, 0.29) is 0 Å². The van der Waals surface area contributed by atoms with Crippen molar-refractivity contribution in [3.05, 3.63) is 29.8 Å². The molecule has 0 unspecified atom stereocenters. The van der Waals surface area contributed by atoms with E-state index in [1.165, 1.54) is 11.9 Å². The van der Waals surface area contributed by atoms with E-state index in [0.29, 0.717) is 5.69 Å². The van der Waals surface area contributed by atoms with E-state index >= 15 is 0 Å². The number of hydrogen-bond acceptors (Lipinski definition) is 2. The lowest BCUT2D eigenvalue weighted by Crippen LogP contribution is -2.36. The van der Waals surface area contributed by atoms with Crippen molar-refractivity contribution in [2.24, 2.45) is 0 Å². The van der Waals surface area contributed by atoms with Crippen LogP contribution in [0.2, 0.25) is 0 Å². The van der Waals surface area contributed by atoms with E-state index in [2.05, 4.69) is 0 Å². The topological polar surface area (TPSA) is 40.5 Å². The number of aryl methyl sites for hydroxylation is 1. The molecule has 1 aromatic rings. The molecule has 0 heterocycles. The van der Waals surface area contributed by atoms with Crippen LogP contribution in [0.15, 0.2) is 24.3 Å². The minimum absolute atomic E-state index is 0.609. The smallest absolute Gasteiger partial charge is 0.309 e. The van der Waals surface area contributed by atoms with Gasteiger partial charge in [0.15, 0.2) is 0 Å². The lowest BCUT2D eigenvalue weighted by atomic mass is 10.2. The highest BCUT2D eigenvalue weighted by Gasteiger charge is 2.33. The first-order chi connectivity index (χ1) is 7.80. The molecule has 0 saturated carbocycles. The van der Waals surface area contributed by atoms with Crippen LogP contribution >= 0.6 is 0 Å². The van der Waals surface area contributed by atoms with E-state index in [0.717, 1.165) is 5.56 Å². The summed E-state index contributed by atoms with van der Waals surface area (Å²) in [7, 11) is 1.51. The van der Waals surface area contributed by atoms with Crippen molar-refractivity contribution in [3.63, 3.8) is 0 Å². The fraction of sp³-hybridized carbons (Fsp3) is 0.417. The van der Waals surface area contributed by atoms with Crippen LogP contribution in [-0.4, -0.2) is 30.6 Å². The molecule has 0 fully saturated rings. The van der Waals surface area contributed by atoms with Crippen LogP contribution in [0.3, 0.4) is 0 Å². The van der Waals surface area contributed by atoms with Crippen molar-refractivity contribution < 1.29 is 18.7 Å². The summed E-state index contributed by atoms with van der Waals surface area (Å²) in [5, 5.41) is 8.37. The van der Waals surface area contributed by atoms with Crippen molar-refractivity contribution in [1.82, 2.24) is 0 Å². The van der Waals surface area contributed by atoms with Gasteiger partial charge in [0.05, 0.1) is 6.54 Å². The number of carboxylic acid groups (broad SMARTS) is 1. The van der Waals surface area contributed by atoms with Gasteiger partial charge in [-0.25, -0.2) is 8.78 Å². The number of nitrogens with zero attached hydrogens (tertiary/aromatic N) is 1. The van der Waals surface area contributed by atoms with E-state index in [9.17, 15) is 13.6 Å². The molecule has 5 heteroatoms. The summed E-state index contributed by atoms with van der Waals surface area (Å²) in [6.45, 7) is 1.30. The molecule has 0 spiro atoms. The highest BCUT2D eigenvalue weighted by atomic mass is 19.3. The molecule has 0 aromatic heterocycles. The molecular formula is C12H15F2NO2. The van der Waals surface area contributed by atoms with Crippen LogP contribution in [0.4, 0.5) is 14.5 Å². The van der Waals surface area contributed by atoms with Crippen molar-refractivity contribution in [2.45, 2.75) is 19.3 Å². The Morgan fingerprint density at radius 2 is 1.88 bits per heavy atom. The number of alkyl halides is 2. The van der Waals surface area contributed by atoms with Crippen LogP contribution < -0.4 is 4.90 Å². The van der Waals surface area contributed by atoms with Crippen LogP contribution in [0.1, 0.15) is 12.0 Å². The fourth-order valence-corrected chi connectivity index (χ4v) is 1.51. The first-order valence-corrected chi connectivity index (χ1v) is 5.17. The molecule has 0 saturated heterocycles. The van der Waals surface area contributed by atoms with Gasteiger partial charge in [-0.3, -0.25) is 4.79 Å². The Morgan fingerprint density at radius 3 is 2.35 bits per heavy atom. The summed E-state index contributed by atoms with van der Waals surface area (Å²) in [5.74, 6) is -4.72. The predicted molar refractivity (Wildman–Crippen MR) is 61.6 cm³/mol. The molecule has 0 atom stereocenters. The zero-order valence-electron chi connectivity index (χ0n) is 9.78. The fourth-order valence-electron chi connectivity index (χ4n) is 1.51. The molecule has 0 amide bonds. The Bertz CT molecular complexity index is 390. The number of aliphatic carboxylic acids is 1. The summed E-state index contributed by atoms with van der Waals surface area (Å²) in [4.78, 5) is 11.6. The maximum atomic E-state index is 13.3. The van der Waals surface area contributed by atoms with Gasteiger partial charge in [0.2, 0.25) is 0 Å². The average molecular weight is 243 g/mol. The van der Waals surface area contributed by atoms with Gasteiger partial charge in [-0.15, -0.1) is 0 Å². The first kappa shape index (κ1) is 13.4. The van der Waals surface area contributed by atoms with Crippen LogP contribution in [-0.2, 0) is 4.79 Å². The molecule has 0 aliphatic carbocycles. The van der Waals surface area contributed by atoms with Gasteiger partial charge >= 0.3 is 5.97 Å². The SMILES string of the molecule is Cc1ccc(N(C)CC(F)(F)CC(=O)O)cc1. The number of carbonyl (C=O) groups is 1. The number of hydrogen-bond donors (Lipinski definition) is 1. The summed E-state index contributed by atoms with van der Waals surface area (Å²) in [5.41, 5.74) is 1.68. The minimum Gasteiger partial charge on any atom is -0.481 e. The number of carboxylic acids is 1. The highest BCUT2D eigenvalue weighted by molar-refractivity contribution is 5.68. The number of anilines is 1. The quantitative estimate of drug-likeness (QED) is 0.864. The zero-order chi connectivity index (χ0) is 13.1. The summed E-state index contributed by atoms with van der Waals surface area (Å²) >= 11 is 0. The molecule has 3 nitrogen and oxygen atoms in total. The van der Waals surface area contributed by atoms with Crippen molar-refractivity contribution >= 4 is 11.7 Å². The van der Waals surface area contributed by atoms with Gasteiger partial charge in [0.25, 0.3) is 5.92 Å².